The second-order valence-corrected chi connectivity index (χ2v) is 6.16. The Bertz CT molecular complexity index is 694. The highest BCUT2D eigenvalue weighted by atomic mass is 16.5. The molecule has 0 radical (unpaired) electrons. The van der Waals surface area contributed by atoms with Gasteiger partial charge in [0.1, 0.15) is 11.9 Å². The molecule has 1 aromatic rings. The Kier molecular flexibility index (Phi) is 2.96. The fraction of sp³-hybridized carbons (Fsp3) is 0.412. The summed E-state index contributed by atoms with van der Waals surface area (Å²) < 4.78 is 5.86. The van der Waals surface area contributed by atoms with Crippen molar-refractivity contribution in [2.75, 3.05) is 0 Å². The Labute approximate surface area is 128 Å². The molecule has 1 saturated carbocycles. The second-order valence-electron chi connectivity index (χ2n) is 6.16. The number of Topliss-reactive ketones (excluding diaryl/α,β-unsaturated/α-hetero) is 1. The summed E-state index contributed by atoms with van der Waals surface area (Å²) in [5, 5.41) is 12.5. The van der Waals surface area contributed by atoms with Gasteiger partial charge in [-0.15, -0.1) is 0 Å². The van der Waals surface area contributed by atoms with E-state index in [1.165, 1.54) is 0 Å². The normalized spacial score (nSPS) is 30.5. The van der Waals surface area contributed by atoms with Crippen LogP contribution in [0.2, 0.25) is 0 Å². The number of nitrogens with one attached hydrogen (secondary N) is 1. The summed E-state index contributed by atoms with van der Waals surface area (Å²) in [6, 6.07) is 6.10. The van der Waals surface area contributed by atoms with E-state index in [9.17, 15) is 14.7 Å². The highest BCUT2D eigenvalue weighted by molar-refractivity contribution is 6.11. The smallest absolute Gasteiger partial charge is 0.287 e. The van der Waals surface area contributed by atoms with Crippen LogP contribution in [0.15, 0.2) is 35.6 Å². The van der Waals surface area contributed by atoms with Crippen LogP contribution < -0.4 is 5.32 Å². The number of carbonyl (C=O) groups excluding carboxylic acids is 2. The average molecular weight is 299 g/mol. The Morgan fingerprint density at radius 2 is 2.00 bits per heavy atom. The molecule has 0 spiro atoms. The first kappa shape index (κ1) is 13.4. The first-order valence-corrected chi connectivity index (χ1v) is 7.70. The van der Waals surface area contributed by atoms with Gasteiger partial charge in [0.2, 0.25) is 0 Å². The van der Waals surface area contributed by atoms with Gasteiger partial charge in [0.05, 0.1) is 17.5 Å². The van der Waals surface area contributed by atoms with E-state index in [0.29, 0.717) is 11.1 Å². The van der Waals surface area contributed by atoms with Crippen molar-refractivity contribution in [1.29, 1.82) is 0 Å². The molecule has 2 N–H and O–H groups in total. The minimum atomic E-state index is -0.523. The van der Waals surface area contributed by atoms with Crippen LogP contribution in [0.3, 0.4) is 0 Å². The summed E-state index contributed by atoms with van der Waals surface area (Å²) in [5.41, 5.74) is 1.13. The number of ketones is 1. The van der Waals surface area contributed by atoms with Gasteiger partial charge in [0, 0.05) is 0 Å². The number of hydrogen-bond donors (Lipinski definition) is 2. The maximum absolute atomic E-state index is 12.9. The third kappa shape index (κ3) is 1.92. The topological polar surface area (TPSA) is 75.6 Å². The number of hydrogen-bond acceptors (Lipinski definition) is 4. The number of benzene rings is 1. The van der Waals surface area contributed by atoms with E-state index in [0.717, 1.165) is 25.7 Å². The van der Waals surface area contributed by atoms with Gasteiger partial charge in [0.15, 0.2) is 11.5 Å². The lowest BCUT2D eigenvalue weighted by Crippen LogP contribution is -2.39. The lowest BCUT2D eigenvalue weighted by Gasteiger charge is -2.35. The van der Waals surface area contributed by atoms with E-state index in [2.05, 4.69) is 5.32 Å². The Hall–Kier alpha value is -2.30. The van der Waals surface area contributed by atoms with E-state index in [4.69, 9.17) is 4.74 Å². The lowest BCUT2D eigenvalue weighted by molar-refractivity contribution is -0.132. The van der Waals surface area contributed by atoms with Crippen LogP contribution in [0.4, 0.5) is 0 Å². The van der Waals surface area contributed by atoms with Crippen LogP contribution in [0.5, 0.6) is 5.75 Å². The molecule has 114 valence electrons. The minimum Gasteiger partial charge on any atom is -0.508 e. The number of amides is 1. The van der Waals surface area contributed by atoms with Gasteiger partial charge >= 0.3 is 0 Å². The molecule has 0 bridgehead atoms. The van der Waals surface area contributed by atoms with Crippen molar-refractivity contribution in [3.05, 3.63) is 41.2 Å². The molecule has 3 atom stereocenters. The molecular formula is C17H17NO4. The van der Waals surface area contributed by atoms with Crippen LogP contribution in [0, 0.1) is 5.92 Å². The maximum Gasteiger partial charge on any atom is 0.287 e. The van der Waals surface area contributed by atoms with Gasteiger partial charge < -0.3 is 15.2 Å². The fourth-order valence-electron chi connectivity index (χ4n) is 3.74. The predicted octanol–water partition coefficient (Wildman–Crippen LogP) is 1.98. The molecular weight excluding hydrogens is 282 g/mol. The van der Waals surface area contributed by atoms with Crippen molar-refractivity contribution in [2.24, 2.45) is 5.92 Å². The van der Waals surface area contributed by atoms with E-state index in [1.54, 1.807) is 24.3 Å². The largest absolute Gasteiger partial charge is 0.508 e. The monoisotopic (exact) mass is 299 g/mol. The molecule has 1 aliphatic carbocycles. The zero-order chi connectivity index (χ0) is 15.3. The Morgan fingerprint density at radius 3 is 2.82 bits per heavy atom. The highest BCUT2D eigenvalue weighted by Gasteiger charge is 2.48. The zero-order valence-corrected chi connectivity index (χ0v) is 12.0. The Morgan fingerprint density at radius 1 is 1.18 bits per heavy atom. The molecule has 22 heavy (non-hydrogen) atoms. The number of ether oxygens (including phenoxy) is 1. The third-order valence-corrected chi connectivity index (χ3v) is 4.79. The van der Waals surface area contributed by atoms with Crippen molar-refractivity contribution >= 4 is 11.7 Å². The first-order valence-electron chi connectivity index (χ1n) is 7.70. The molecule has 5 nitrogen and oxygen atoms in total. The fourth-order valence-corrected chi connectivity index (χ4v) is 3.74. The van der Waals surface area contributed by atoms with Gasteiger partial charge in [0.25, 0.3) is 5.91 Å². The van der Waals surface area contributed by atoms with E-state index >= 15 is 0 Å². The van der Waals surface area contributed by atoms with Crippen LogP contribution >= 0.6 is 0 Å². The summed E-state index contributed by atoms with van der Waals surface area (Å²) in [5.74, 6) is -0.152. The maximum atomic E-state index is 12.9. The lowest BCUT2D eigenvalue weighted by atomic mass is 9.78. The summed E-state index contributed by atoms with van der Waals surface area (Å²) in [6.07, 6.45) is 3.55. The van der Waals surface area contributed by atoms with Crippen molar-refractivity contribution in [2.45, 2.75) is 37.8 Å². The van der Waals surface area contributed by atoms with Crippen molar-refractivity contribution in [3.8, 4) is 5.75 Å². The molecule has 5 heteroatoms. The summed E-state index contributed by atoms with van der Waals surface area (Å²) in [4.78, 5) is 25.1. The molecule has 2 aliphatic heterocycles. The average Bonchev–Trinajstić information content (AvgIpc) is 2.85. The van der Waals surface area contributed by atoms with Crippen LogP contribution in [-0.2, 0) is 14.3 Å². The standard InChI is InChI=1S/C17H17NO4/c19-10-5-3-4-9(8-10)14-13-15(20)11-6-1-2-7-12(11)22-16(13)17(21)18-14/h3-5,8,11-12,14,19H,1-2,6-7H2,(H,18,21). The molecule has 4 rings (SSSR count). The van der Waals surface area contributed by atoms with Crippen LogP contribution in [-0.4, -0.2) is 22.9 Å². The number of carbonyl (C=O) groups is 2. The number of phenolic OH excluding ortho intramolecular Hbond substituents is 1. The van der Waals surface area contributed by atoms with Gasteiger partial charge in [-0.3, -0.25) is 9.59 Å². The minimum absolute atomic E-state index is 0.0256. The van der Waals surface area contributed by atoms with E-state index in [-0.39, 0.29) is 35.2 Å². The van der Waals surface area contributed by atoms with Gasteiger partial charge in [-0.2, -0.15) is 0 Å². The van der Waals surface area contributed by atoms with Crippen LogP contribution in [0.1, 0.15) is 37.3 Å². The highest BCUT2D eigenvalue weighted by Crippen LogP contribution is 2.42. The summed E-state index contributed by atoms with van der Waals surface area (Å²) >= 11 is 0. The van der Waals surface area contributed by atoms with Crippen molar-refractivity contribution in [3.63, 3.8) is 0 Å². The number of phenols is 1. The van der Waals surface area contributed by atoms with Gasteiger partial charge in [-0.05, 0) is 37.0 Å². The van der Waals surface area contributed by atoms with Crippen LogP contribution in [0.25, 0.3) is 0 Å². The first-order chi connectivity index (χ1) is 10.6. The second kappa shape index (κ2) is 4.87. The summed E-state index contributed by atoms with van der Waals surface area (Å²) in [6.45, 7) is 0. The SMILES string of the molecule is O=C1NC(c2cccc(O)c2)C2=C1OC1CCCCC1C2=O. The molecule has 0 aromatic heterocycles. The number of aromatic hydroxyl groups is 1. The molecule has 2 heterocycles. The van der Waals surface area contributed by atoms with Gasteiger partial charge in [-0.1, -0.05) is 18.6 Å². The Balaban J connectivity index is 1.76. The molecule has 0 saturated heterocycles. The zero-order valence-electron chi connectivity index (χ0n) is 12.0. The van der Waals surface area contributed by atoms with Gasteiger partial charge in [-0.25, -0.2) is 0 Å². The van der Waals surface area contributed by atoms with E-state index in [1.807, 2.05) is 0 Å². The molecule has 1 aromatic carbocycles. The molecule has 1 fully saturated rings. The number of rotatable bonds is 1. The number of fused-ring (bicyclic) bond motifs is 1. The summed E-state index contributed by atoms with van der Waals surface area (Å²) in [7, 11) is 0. The molecule has 3 aliphatic rings. The quantitative estimate of drug-likeness (QED) is 0.831. The molecule has 1 amide bonds. The molecule has 3 unspecified atom stereocenters. The van der Waals surface area contributed by atoms with E-state index < -0.39 is 6.04 Å². The predicted molar refractivity (Wildman–Crippen MR) is 77.9 cm³/mol. The van der Waals surface area contributed by atoms with Crippen molar-refractivity contribution in [1.82, 2.24) is 5.32 Å². The third-order valence-electron chi connectivity index (χ3n) is 4.79. The van der Waals surface area contributed by atoms with Crippen molar-refractivity contribution < 1.29 is 19.4 Å².